The van der Waals surface area contributed by atoms with Crippen molar-refractivity contribution in [3.63, 3.8) is 0 Å². The molecule has 3 unspecified atom stereocenters. The maximum Gasteiger partial charge on any atom is 0.147 e. The SMILES string of the molecule is CCC1CCC(Br)C(CCS(C)(=O)=O)C1. The van der Waals surface area contributed by atoms with E-state index in [1.807, 2.05) is 0 Å². The molecule has 0 bridgehead atoms. The molecule has 1 aliphatic rings. The zero-order valence-corrected chi connectivity index (χ0v) is 12.0. The Labute approximate surface area is 102 Å². The molecule has 0 aliphatic heterocycles. The summed E-state index contributed by atoms with van der Waals surface area (Å²) in [6, 6.07) is 0. The van der Waals surface area contributed by atoms with E-state index in [0.29, 0.717) is 16.5 Å². The van der Waals surface area contributed by atoms with Crippen LogP contribution in [0.4, 0.5) is 0 Å². The summed E-state index contributed by atoms with van der Waals surface area (Å²) < 4.78 is 22.2. The fourth-order valence-corrected chi connectivity index (χ4v) is 3.83. The van der Waals surface area contributed by atoms with Crippen LogP contribution in [0.3, 0.4) is 0 Å². The molecule has 3 atom stereocenters. The lowest BCUT2D eigenvalue weighted by Gasteiger charge is -2.32. The molecule has 1 rings (SSSR count). The van der Waals surface area contributed by atoms with Crippen molar-refractivity contribution >= 4 is 25.8 Å². The molecule has 1 saturated carbocycles. The quantitative estimate of drug-likeness (QED) is 0.748. The van der Waals surface area contributed by atoms with Gasteiger partial charge in [-0.05, 0) is 37.5 Å². The molecule has 2 nitrogen and oxygen atoms in total. The molecule has 0 saturated heterocycles. The monoisotopic (exact) mass is 296 g/mol. The van der Waals surface area contributed by atoms with E-state index in [1.54, 1.807) is 0 Å². The van der Waals surface area contributed by atoms with Gasteiger partial charge >= 0.3 is 0 Å². The first-order valence-corrected chi connectivity index (χ1v) is 8.71. The Morgan fingerprint density at radius 3 is 2.53 bits per heavy atom. The molecular formula is C11H21BrO2S. The van der Waals surface area contributed by atoms with E-state index in [0.717, 1.165) is 12.3 Å². The Balaban J connectivity index is 2.44. The lowest BCUT2D eigenvalue weighted by molar-refractivity contribution is 0.267. The van der Waals surface area contributed by atoms with E-state index in [-0.39, 0.29) is 0 Å². The van der Waals surface area contributed by atoms with Crippen molar-refractivity contribution in [2.45, 2.75) is 43.9 Å². The van der Waals surface area contributed by atoms with Crippen LogP contribution in [-0.2, 0) is 9.84 Å². The van der Waals surface area contributed by atoms with Gasteiger partial charge in [0.1, 0.15) is 9.84 Å². The van der Waals surface area contributed by atoms with Crippen molar-refractivity contribution in [3.8, 4) is 0 Å². The minimum atomic E-state index is -2.79. The predicted molar refractivity (Wildman–Crippen MR) is 68.2 cm³/mol. The molecule has 0 heterocycles. The van der Waals surface area contributed by atoms with E-state index in [4.69, 9.17) is 0 Å². The Kier molecular flexibility index (Phi) is 5.10. The van der Waals surface area contributed by atoms with Crippen LogP contribution < -0.4 is 0 Å². The van der Waals surface area contributed by atoms with Gasteiger partial charge in [0.05, 0.1) is 5.75 Å². The largest absolute Gasteiger partial charge is 0.229 e. The molecule has 4 heteroatoms. The van der Waals surface area contributed by atoms with Crippen LogP contribution in [0.2, 0.25) is 0 Å². The smallest absolute Gasteiger partial charge is 0.147 e. The van der Waals surface area contributed by atoms with Gasteiger partial charge < -0.3 is 0 Å². The first-order chi connectivity index (χ1) is 6.92. The third-order valence-corrected chi connectivity index (χ3v) is 5.62. The lowest BCUT2D eigenvalue weighted by atomic mass is 9.79. The predicted octanol–water partition coefficient (Wildman–Crippen LogP) is 3.01. The van der Waals surface area contributed by atoms with E-state index in [1.165, 1.54) is 31.9 Å². The summed E-state index contributed by atoms with van der Waals surface area (Å²) in [5, 5.41) is 0. The van der Waals surface area contributed by atoms with Gasteiger partial charge in [-0.2, -0.15) is 0 Å². The first-order valence-electron chi connectivity index (χ1n) is 5.74. The van der Waals surface area contributed by atoms with Crippen molar-refractivity contribution in [2.75, 3.05) is 12.0 Å². The van der Waals surface area contributed by atoms with Gasteiger partial charge in [-0.15, -0.1) is 0 Å². The number of sulfone groups is 1. The standard InChI is InChI=1S/C11H21BrO2S/c1-3-9-4-5-11(12)10(8-9)6-7-15(2,13)14/h9-11H,3-8H2,1-2H3. The Bertz CT molecular complexity index is 287. The number of rotatable bonds is 4. The van der Waals surface area contributed by atoms with Gasteiger partial charge in [0.2, 0.25) is 0 Å². The zero-order valence-electron chi connectivity index (χ0n) is 9.58. The van der Waals surface area contributed by atoms with E-state index < -0.39 is 9.84 Å². The fraction of sp³-hybridized carbons (Fsp3) is 1.00. The number of hydrogen-bond donors (Lipinski definition) is 0. The maximum atomic E-state index is 11.1. The molecule has 0 aromatic carbocycles. The lowest BCUT2D eigenvalue weighted by Crippen LogP contribution is -2.26. The Hall–Kier alpha value is 0.430. The number of hydrogen-bond acceptors (Lipinski definition) is 2. The van der Waals surface area contributed by atoms with E-state index in [9.17, 15) is 8.42 Å². The third kappa shape index (κ3) is 4.85. The molecule has 1 fully saturated rings. The second-order valence-electron chi connectivity index (χ2n) is 4.78. The highest BCUT2D eigenvalue weighted by Gasteiger charge is 2.28. The summed E-state index contributed by atoms with van der Waals surface area (Å²) in [6.45, 7) is 2.23. The molecule has 0 aromatic rings. The van der Waals surface area contributed by atoms with Crippen LogP contribution >= 0.6 is 15.9 Å². The van der Waals surface area contributed by atoms with Gasteiger partial charge in [-0.3, -0.25) is 0 Å². The molecule has 0 aromatic heterocycles. The molecule has 0 amide bonds. The second-order valence-corrected chi connectivity index (χ2v) is 8.22. The van der Waals surface area contributed by atoms with Gasteiger partial charge in [-0.25, -0.2) is 8.42 Å². The summed E-state index contributed by atoms with van der Waals surface area (Å²) in [7, 11) is -2.79. The molecule has 15 heavy (non-hydrogen) atoms. The average molecular weight is 297 g/mol. The van der Waals surface area contributed by atoms with Crippen LogP contribution in [0, 0.1) is 11.8 Å². The number of halogens is 1. The molecule has 90 valence electrons. The molecule has 1 aliphatic carbocycles. The Morgan fingerprint density at radius 1 is 1.33 bits per heavy atom. The molecule has 0 N–H and O–H groups in total. The summed E-state index contributed by atoms with van der Waals surface area (Å²) in [4.78, 5) is 0.530. The average Bonchev–Trinajstić information content (AvgIpc) is 2.15. The zero-order chi connectivity index (χ0) is 11.5. The van der Waals surface area contributed by atoms with Gasteiger partial charge in [0.25, 0.3) is 0 Å². The van der Waals surface area contributed by atoms with Gasteiger partial charge in [0, 0.05) is 11.1 Å². The maximum absolute atomic E-state index is 11.1. The van der Waals surface area contributed by atoms with Crippen LogP contribution in [0.5, 0.6) is 0 Å². The highest BCUT2D eigenvalue weighted by Crippen LogP contribution is 2.37. The molecular weight excluding hydrogens is 276 g/mol. The summed E-state index contributed by atoms with van der Waals surface area (Å²) >= 11 is 3.68. The van der Waals surface area contributed by atoms with Crippen LogP contribution in [0.1, 0.15) is 39.0 Å². The van der Waals surface area contributed by atoms with Crippen molar-refractivity contribution in [2.24, 2.45) is 11.8 Å². The van der Waals surface area contributed by atoms with Gasteiger partial charge in [0.15, 0.2) is 0 Å². The normalized spacial score (nSPS) is 32.9. The first kappa shape index (κ1) is 13.5. The summed E-state index contributed by atoms with van der Waals surface area (Å²) in [5.41, 5.74) is 0. The van der Waals surface area contributed by atoms with Gasteiger partial charge in [-0.1, -0.05) is 29.3 Å². The number of alkyl halides is 1. The van der Waals surface area contributed by atoms with Crippen LogP contribution in [0.15, 0.2) is 0 Å². The van der Waals surface area contributed by atoms with Crippen molar-refractivity contribution in [3.05, 3.63) is 0 Å². The highest BCUT2D eigenvalue weighted by atomic mass is 79.9. The van der Waals surface area contributed by atoms with Crippen LogP contribution in [0.25, 0.3) is 0 Å². The van der Waals surface area contributed by atoms with Crippen LogP contribution in [-0.4, -0.2) is 25.3 Å². The van der Waals surface area contributed by atoms with Crippen molar-refractivity contribution in [1.82, 2.24) is 0 Å². The molecule has 0 spiro atoms. The van der Waals surface area contributed by atoms with Crippen molar-refractivity contribution in [1.29, 1.82) is 0 Å². The van der Waals surface area contributed by atoms with Crippen molar-refractivity contribution < 1.29 is 8.42 Å². The minimum absolute atomic E-state index is 0.343. The Morgan fingerprint density at radius 2 is 2.00 bits per heavy atom. The van der Waals surface area contributed by atoms with E-state index >= 15 is 0 Å². The minimum Gasteiger partial charge on any atom is -0.229 e. The molecule has 0 radical (unpaired) electrons. The third-order valence-electron chi connectivity index (χ3n) is 3.44. The summed E-state index contributed by atoms with van der Waals surface area (Å²) in [6.07, 6.45) is 7.08. The fourth-order valence-electron chi connectivity index (χ4n) is 2.36. The summed E-state index contributed by atoms with van der Waals surface area (Å²) in [5.74, 6) is 1.71. The van der Waals surface area contributed by atoms with E-state index in [2.05, 4.69) is 22.9 Å². The second kappa shape index (κ2) is 5.67. The highest BCUT2D eigenvalue weighted by molar-refractivity contribution is 9.09. The topological polar surface area (TPSA) is 34.1 Å².